The van der Waals surface area contributed by atoms with Crippen molar-refractivity contribution < 1.29 is 18.3 Å². The third kappa shape index (κ3) is 3.12. The van der Waals surface area contributed by atoms with Gasteiger partial charge in [0.1, 0.15) is 17.4 Å². The number of benzene rings is 1. The van der Waals surface area contributed by atoms with Crippen LogP contribution in [0.5, 0.6) is 0 Å². The standard InChI is InChI=1S/C24H23F2N7O/c1-12-24(34)31(3)10-19-20(29-22(33(12)19)14-7-8-14)15-5-4-6-18-16(15)9-17(21(25)26)23(28-18)32-11-27-13(2)30-32/h4-6,9,11-12,14,21H,7-8,10H2,1-3H3/p+1. The Kier molecular flexibility index (Phi) is 4.55. The first-order chi connectivity index (χ1) is 16.3. The predicted octanol–water partition coefficient (Wildman–Crippen LogP) is 3.75. The second-order valence-electron chi connectivity index (χ2n) is 9.17. The molecule has 34 heavy (non-hydrogen) atoms. The van der Waals surface area contributed by atoms with E-state index in [0.717, 1.165) is 35.6 Å². The van der Waals surface area contributed by atoms with Gasteiger partial charge in [-0.15, -0.1) is 9.67 Å². The zero-order valence-corrected chi connectivity index (χ0v) is 19.1. The van der Waals surface area contributed by atoms with Crippen molar-refractivity contribution >= 4 is 16.8 Å². The lowest BCUT2D eigenvalue weighted by Gasteiger charge is -2.31. The van der Waals surface area contributed by atoms with E-state index in [1.165, 1.54) is 17.1 Å². The monoisotopic (exact) mass is 464 g/mol. The molecule has 2 aliphatic rings. The van der Waals surface area contributed by atoms with Crippen molar-refractivity contribution in [3.63, 3.8) is 0 Å². The Morgan fingerprint density at radius 1 is 1.24 bits per heavy atom. The molecule has 1 amide bonds. The first kappa shape index (κ1) is 20.9. The smallest absolute Gasteiger partial charge is 0.294 e. The van der Waals surface area contributed by atoms with Crippen molar-refractivity contribution in [3.8, 4) is 17.1 Å². The topological polar surface area (TPSA) is 83.6 Å². The van der Waals surface area contributed by atoms with Gasteiger partial charge >= 0.3 is 0 Å². The van der Waals surface area contributed by atoms with Gasteiger partial charge < -0.3 is 9.47 Å². The van der Waals surface area contributed by atoms with E-state index in [9.17, 15) is 13.6 Å². The number of aromatic nitrogens is 6. The largest absolute Gasteiger partial charge is 0.338 e. The first-order valence-corrected chi connectivity index (χ1v) is 11.3. The Morgan fingerprint density at radius 3 is 2.71 bits per heavy atom. The van der Waals surface area contributed by atoms with Crippen LogP contribution in [0.25, 0.3) is 28.0 Å². The fourth-order valence-electron chi connectivity index (χ4n) is 4.89. The fourth-order valence-corrected chi connectivity index (χ4v) is 4.89. The van der Waals surface area contributed by atoms with Gasteiger partial charge in [-0.1, -0.05) is 17.1 Å². The second-order valence-corrected chi connectivity index (χ2v) is 9.17. The minimum absolute atomic E-state index is 0.0504. The maximum absolute atomic E-state index is 14.2. The van der Waals surface area contributed by atoms with Crippen LogP contribution in [0.2, 0.25) is 0 Å². The molecule has 10 heteroatoms. The number of hydrogen-bond acceptors (Lipinski definition) is 4. The molecule has 1 fully saturated rings. The number of rotatable bonds is 4. The molecule has 1 atom stereocenters. The van der Waals surface area contributed by atoms with Gasteiger partial charge in [-0.2, -0.15) is 0 Å². The van der Waals surface area contributed by atoms with E-state index in [1.54, 1.807) is 18.9 Å². The van der Waals surface area contributed by atoms with Crippen molar-refractivity contribution in [1.82, 2.24) is 29.5 Å². The molecule has 1 saturated carbocycles. The molecule has 4 heterocycles. The summed E-state index contributed by atoms with van der Waals surface area (Å²) in [5.74, 6) is 2.01. The maximum atomic E-state index is 14.2. The summed E-state index contributed by atoms with van der Waals surface area (Å²) >= 11 is 0. The molecular weight excluding hydrogens is 440 g/mol. The highest BCUT2D eigenvalue weighted by molar-refractivity contribution is 5.95. The van der Waals surface area contributed by atoms with Gasteiger partial charge in [0.05, 0.1) is 23.5 Å². The van der Waals surface area contributed by atoms with E-state index < -0.39 is 6.43 Å². The van der Waals surface area contributed by atoms with Crippen molar-refractivity contribution in [1.29, 1.82) is 0 Å². The molecule has 0 saturated heterocycles. The third-order valence-corrected chi connectivity index (χ3v) is 6.72. The average molecular weight is 465 g/mol. The molecule has 8 nitrogen and oxygen atoms in total. The Bertz CT molecular complexity index is 1450. The molecule has 1 aliphatic heterocycles. The van der Waals surface area contributed by atoms with Gasteiger partial charge in [0.2, 0.25) is 18.1 Å². The number of carbonyl (C=O) groups excluding carboxylic acids is 1. The van der Waals surface area contributed by atoms with E-state index >= 15 is 0 Å². The van der Waals surface area contributed by atoms with Crippen LogP contribution >= 0.6 is 0 Å². The Labute approximate surface area is 194 Å². The van der Waals surface area contributed by atoms with Crippen LogP contribution in [0.1, 0.15) is 61.1 Å². The molecule has 0 radical (unpaired) electrons. The number of hydrogen-bond donors (Lipinski definition) is 1. The van der Waals surface area contributed by atoms with Gasteiger partial charge in [0.25, 0.3) is 12.2 Å². The summed E-state index contributed by atoms with van der Waals surface area (Å²) < 4.78 is 31.8. The molecule has 4 aromatic rings. The summed E-state index contributed by atoms with van der Waals surface area (Å²) in [5, 5.41) is 3.54. The Hall–Kier alpha value is -3.69. The molecule has 1 aromatic carbocycles. The highest BCUT2D eigenvalue weighted by Crippen LogP contribution is 2.45. The lowest BCUT2D eigenvalue weighted by Crippen LogP contribution is -2.39. The summed E-state index contributed by atoms with van der Waals surface area (Å²) in [6, 6.07) is 6.73. The van der Waals surface area contributed by atoms with Crippen LogP contribution in [0.4, 0.5) is 8.78 Å². The molecule has 174 valence electrons. The SMILES string of the molecule is Cc1nc[n+](-c2nc3cccc(-c4nc(C5CC5)n5c4CN(C)C(=O)C5C)c3cc2C(F)F)[nH]1. The summed E-state index contributed by atoms with van der Waals surface area (Å²) in [6.07, 6.45) is 0.811. The number of halogens is 2. The number of aromatic amines is 1. The van der Waals surface area contributed by atoms with E-state index in [4.69, 9.17) is 4.98 Å². The van der Waals surface area contributed by atoms with Gasteiger partial charge in [-0.05, 0) is 31.9 Å². The Morgan fingerprint density at radius 2 is 2.03 bits per heavy atom. The zero-order valence-electron chi connectivity index (χ0n) is 19.1. The van der Waals surface area contributed by atoms with Crippen LogP contribution in [-0.4, -0.2) is 42.5 Å². The Balaban J connectivity index is 1.59. The van der Waals surface area contributed by atoms with Crippen LogP contribution in [0.15, 0.2) is 30.6 Å². The highest BCUT2D eigenvalue weighted by atomic mass is 19.3. The highest BCUT2D eigenvalue weighted by Gasteiger charge is 2.38. The number of amides is 1. The van der Waals surface area contributed by atoms with E-state index in [1.807, 2.05) is 25.1 Å². The number of alkyl halides is 2. The van der Waals surface area contributed by atoms with Crippen molar-refractivity contribution in [2.45, 2.75) is 51.6 Å². The molecular formula is C24H24F2N7O+. The van der Waals surface area contributed by atoms with Crippen LogP contribution in [0, 0.1) is 6.92 Å². The number of nitrogens with zero attached hydrogens (tertiary/aromatic N) is 6. The van der Waals surface area contributed by atoms with Crippen LogP contribution in [-0.2, 0) is 11.3 Å². The molecule has 1 aliphatic carbocycles. The quantitative estimate of drug-likeness (QED) is 0.466. The van der Waals surface area contributed by atoms with Gasteiger partial charge in [-0.25, -0.2) is 18.9 Å². The number of carbonyl (C=O) groups is 1. The average Bonchev–Trinajstić information content (AvgIpc) is 3.46. The lowest BCUT2D eigenvalue weighted by atomic mass is 10.0. The van der Waals surface area contributed by atoms with Gasteiger partial charge in [0.15, 0.2) is 0 Å². The lowest BCUT2D eigenvalue weighted by molar-refractivity contribution is -0.661. The number of likely N-dealkylation sites (N-methyl/N-ethyl adjacent to an activating group) is 1. The molecule has 6 rings (SSSR count). The predicted molar refractivity (Wildman–Crippen MR) is 119 cm³/mol. The molecule has 1 N–H and O–H groups in total. The van der Waals surface area contributed by atoms with E-state index in [2.05, 4.69) is 19.6 Å². The van der Waals surface area contributed by atoms with Crippen molar-refractivity contribution in [2.75, 3.05) is 7.05 Å². The van der Waals surface area contributed by atoms with Crippen LogP contribution in [0.3, 0.4) is 0 Å². The maximum Gasteiger partial charge on any atom is 0.294 e. The summed E-state index contributed by atoms with van der Waals surface area (Å²) in [5.41, 5.74) is 2.81. The van der Waals surface area contributed by atoms with Gasteiger partial charge in [0, 0.05) is 30.8 Å². The summed E-state index contributed by atoms with van der Waals surface area (Å²) in [7, 11) is 1.78. The van der Waals surface area contributed by atoms with Gasteiger partial charge in [-0.3, -0.25) is 4.79 Å². The van der Waals surface area contributed by atoms with Crippen LogP contribution < -0.4 is 4.68 Å². The fraction of sp³-hybridized carbons (Fsp3) is 0.375. The minimum Gasteiger partial charge on any atom is -0.338 e. The third-order valence-electron chi connectivity index (χ3n) is 6.72. The number of imidazole rings is 1. The number of aryl methyl sites for hydroxylation is 1. The molecule has 1 unspecified atom stereocenters. The molecule has 3 aromatic heterocycles. The number of H-pyrrole nitrogens is 1. The van der Waals surface area contributed by atoms with Crippen molar-refractivity contribution in [2.24, 2.45) is 0 Å². The number of nitrogens with one attached hydrogen (secondary N) is 1. The molecule has 0 bridgehead atoms. The number of pyridine rings is 1. The first-order valence-electron chi connectivity index (χ1n) is 11.3. The minimum atomic E-state index is -2.72. The van der Waals surface area contributed by atoms with E-state index in [-0.39, 0.29) is 23.3 Å². The molecule has 0 spiro atoms. The second kappa shape index (κ2) is 7.41. The summed E-state index contributed by atoms with van der Waals surface area (Å²) in [6.45, 7) is 4.07. The van der Waals surface area contributed by atoms with E-state index in [0.29, 0.717) is 29.2 Å². The normalized spacial score (nSPS) is 18.2. The summed E-state index contributed by atoms with van der Waals surface area (Å²) in [4.78, 5) is 28.1. The zero-order chi connectivity index (χ0) is 23.7. The van der Waals surface area contributed by atoms with Crippen molar-refractivity contribution in [3.05, 3.63) is 53.5 Å². The number of fused-ring (bicyclic) bond motifs is 2.